The number of hydrogen-bond donors (Lipinski definition) is 0. The lowest BCUT2D eigenvalue weighted by Gasteiger charge is -2.29. The minimum atomic E-state index is -3.41. The Balaban J connectivity index is 2.41. The van der Waals surface area contributed by atoms with Crippen molar-refractivity contribution in [2.75, 3.05) is 12.9 Å². The summed E-state index contributed by atoms with van der Waals surface area (Å²) >= 11 is 0. The first-order valence-electron chi connectivity index (χ1n) is 5.90. The zero-order chi connectivity index (χ0) is 13.2. The van der Waals surface area contributed by atoms with Crippen molar-refractivity contribution < 1.29 is 17.9 Å². The summed E-state index contributed by atoms with van der Waals surface area (Å²) in [5.74, 6) is -0.878. The number of rotatable bonds is 2. The van der Waals surface area contributed by atoms with Crippen molar-refractivity contribution in [3.63, 3.8) is 0 Å². The van der Waals surface area contributed by atoms with Crippen molar-refractivity contribution in [3.05, 3.63) is 35.9 Å². The van der Waals surface area contributed by atoms with Gasteiger partial charge in [-0.15, -0.1) is 0 Å². The lowest BCUT2D eigenvalue weighted by molar-refractivity contribution is -0.140. The van der Waals surface area contributed by atoms with Crippen molar-refractivity contribution in [1.82, 2.24) is 0 Å². The van der Waals surface area contributed by atoms with E-state index in [1.54, 1.807) is 0 Å². The van der Waals surface area contributed by atoms with E-state index >= 15 is 0 Å². The van der Waals surface area contributed by atoms with Gasteiger partial charge in [-0.05, 0) is 18.4 Å². The first-order valence-corrected chi connectivity index (χ1v) is 7.62. The summed E-state index contributed by atoms with van der Waals surface area (Å²) in [7, 11) is -2.18. The average molecular weight is 268 g/mol. The smallest absolute Gasteiger partial charge is 0.324 e. The Bertz CT molecular complexity index is 521. The Kier molecular flexibility index (Phi) is 3.71. The molecule has 1 aromatic carbocycles. The van der Waals surface area contributed by atoms with Crippen LogP contribution in [-0.4, -0.2) is 32.5 Å². The molecule has 1 aliphatic rings. The van der Waals surface area contributed by atoms with Crippen LogP contribution in [0.25, 0.3) is 0 Å². The Morgan fingerprint density at radius 2 is 1.94 bits per heavy atom. The predicted molar refractivity (Wildman–Crippen MR) is 68.0 cm³/mol. The molecule has 1 fully saturated rings. The predicted octanol–water partition coefficient (Wildman–Crippen LogP) is 1.52. The van der Waals surface area contributed by atoms with Gasteiger partial charge in [0.05, 0.1) is 12.9 Å². The van der Waals surface area contributed by atoms with E-state index in [9.17, 15) is 13.2 Å². The van der Waals surface area contributed by atoms with Crippen LogP contribution in [0.5, 0.6) is 0 Å². The molecule has 1 saturated heterocycles. The van der Waals surface area contributed by atoms with Gasteiger partial charge in [0.2, 0.25) is 0 Å². The Morgan fingerprint density at radius 3 is 2.56 bits per heavy atom. The highest BCUT2D eigenvalue weighted by Crippen LogP contribution is 2.34. The van der Waals surface area contributed by atoms with Crippen LogP contribution in [0.15, 0.2) is 30.3 Å². The molecule has 1 aromatic rings. The molecule has 18 heavy (non-hydrogen) atoms. The molecule has 4 nitrogen and oxygen atoms in total. The molecule has 0 spiro atoms. The summed E-state index contributed by atoms with van der Waals surface area (Å²) in [5, 5.41) is -1.06. The first kappa shape index (κ1) is 13.1. The van der Waals surface area contributed by atoms with Gasteiger partial charge in [0.1, 0.15) is 0 Å². The SMILES string of the molecule is COC(=O)[C@@H]1[C@H](c2ccccc2)CCCS1(=O)=O. The minimum Gasteiger partial charge on any atom is -0.468 e. The molecule has 1 heterocycles. The number of esters is 1. The average Bonchev–Trinajstić information content (AvgIpc) is 2.37. The number of benzene rings is 1. The zero-order valence-corrected chi connectivity index (χ0v) is 11.0. The number of methoxy groups -OCH3 is 1. The number of carbonyl (C=O) groups excluding carboxylic acids is 1. The van der Waals surface area contributed by atoms with E-state index in [1.807, 2.05) is 30.3 Å². The molecule has 0 amide bonds. The second kappa shape index (κ2) is 5.10. The lowest BCUT2D eigenvalue weighted by atomic mass is 9.90. The van der Waals surface area contributed by atoms with Crippen LogP contribution in [0.4, 0.5) is 0 Å². The van der Waals surface area contributed by atoms with Gasteiger partial charge in [-0.2, -0.15) is 0 Å². The number of ether oxygens (including phenoxy) is 1. The molecule has 0 unspecified atom stereocenters. The molecule has 5 heteroatoms. The monoisotopic (exact) mass is 268 g/mol. The molecular weight excluding hydrogens is 252 g/mol. The summed E-state index contributed by atoms with van der Waals surface area (Å²) in [4.78, 5) is 11.8. The van der Waals surface area contributed by atoms with Crippen molar-refractivity contribution in [2.45, 2.75) is 24.0 Å². The first-order chi connectivity index (χ1) is 8.56. The number of carbonyl (C=O) groups is 1. The summed E-state index contributed by atoms with van der Waals surface area (Å²) in [6.45, 7) is 0. The minimum absolute atomic E-state index is 0.0656. The van der Waals surface area contributed by atoms with Crippen LogP contribution < -0.4 is 0 Å². The Labute approximate surface area is 107 Å². The van der Waals surface area contributed by atoms with Crippen molar-refractivity contribution in [1.29, 1.82) is 0 Å². The standard InChI is InChI=1S/C13H16O4S/c1-17-13(14)12-11(8-5-9-18(12,15)16)10-6-3-2-4-7-10/h2-4,6-7,11-12H,5,8-9H2,1H3/t11-,12-/m0/s1. The van der Waals surface area contributed by atoms with Gasteiger partial charge in [-0.25, -0.2) is 8.42 Å². The van der Waals surface area contributed by atoms with E-state index in [0.29, 0.717) is 12.8 Å². The van der Waals surface area contributed by atoms with Gasteiger partial charge < -0.3 is 4.74 Å². The third-order valence-corrected chi connectivity index (χ3v) is 5.51. The zero-order valence-electron chi connectivity index (χ0n) is 10.2. The second-order valence-electron chi connectivity index (χ2n) is 4.47. The maximum atomic E-state index is 12.1. The number of hydrogen-bond acceptors (Lipinski definition) is 4. The van der Waals surface area contributed by atoms with Crippen LogP contribution in [0.1, 0.15) is 24.3 Å². The molecule has 0 aliphatic carbocycles. The van der Waals surface area contributed by atoms with E-state index in [1.165, 1.54) is 7.11 Å². The van der Waals surface area contributed by atoms with Crippen LogP contribution in [-0.2, 0) is 19.4 Å². The molecule has 98 valence electrons. The maximum absolute atomic E-state index is 12.1. The van der Waals surface area contributed by atoms with Gasteiger partial charge in [-0.3, -0.25) is 4.79 Å². The largest absolute Gasteiger partial charge is 0.468 e. The van der Waals surface area contributed by atoms with E-state index in [0.717, 1.165) is 5.56 Å². The van der Waals surface area contributed by atoms with Gasteiger partial charge in [0.15, 0.2) is 15.1 Å². The molecule has 0 saturated carbocycles. The highest BCUT2D eigenvalue weighted by molar-refractivity contribution is 7.92. The summed E-state index contributed by atoms with van der Waals surface area (Å²) in [5.41, 5.74) is 0.885. The molecule has 0 radical (unpaired) electrons. The summed E-state index contributed by atoms with van der Waals surface area (Å²) in [6.07, 6.45) is 1.29. The second-order valence-corrected chi connectivity index (χ2v) is 6.71. The molecule has 2 rings (SSSR count). The fourth-order valence-corrected chi connectivity index (χ4v) is 4.51. The van der Waals surface area contributed by atoms with E-state index in [4.69, 9.17) is 0 Å². The van der Waals surface area contributed by atoms with Crippen molar-refractivity contribution in [2.24, 2.45) is 0 Å². The van der Waals surface area contributed by atoms with E-state index < -0.39 is 21.1 Å². The topological polar surface area (TPSA) is 60.4 Å². The van der Waals surface area contributed by atoms with Crippen LogP contribution in [0.2, 0.25) is 0 Å². The van der Waals surface area contributed by atoms with Crippen LogP contribution in [0.3, 0.4) is 0 Å². The fraction of sp³-hybridized carbons (Fsp3) is 0.462. The molecule has 0 aromatic heterocycles. The van der Waals surface area contributed by atoms with Crippen LogP contribution >= 0.6 is 0 Å². The molecule has 2 atom stereocenters. The highest BCUT2D eigenvalue weighted by atomic mass is 32.2. The van der Waals surface area contributed by atoms with Crippen molar-refractivity contribution >= 4 is 15.8 Å². The summed E-state index contributed by atoms with van der Waals surface area (Å²) < 4.78 is 28.8. The Hall–Kier alpha value is -1.36. The maximum Gasteiger partial charge on any atom is 0.324 e. The molecular formula is C13H16O4S. The number of sulfone groups is 1. The third kappa shape index (κ3) is 2.41. The van der Waals surface area contributed by atoms with Gasteiger partial charge in [0.25, 0.3) is 0 Å². The van der Waals surface area contributed by atoms with Gasteiger partial charge in [-0.1, -0.05) is 30.3 Å². The van der Waals surface area contributed by atoms with Crippen molar-refractivity contribution in [3.8, 4) is 0 Å². The highest BCUT2D eigenvalue weighted by Gasteiger charge is 2.43. The van der Waals surface area contributed by atoms with Gasteiger partial charge in [0, 0.05) is 5.92 Å². The quantitative estimate of drug-likeness (QED) is 0.763. The normalized spacial score (nSPS) is 26.5. The van der Waals surface area contributed by atoms with E-state index in [2.05, 4.69) is 4.74 Å². The fourth-order valence-electron chi connectivity index (χ4n) is 2.50. The summed E-state index contributed by atoms with van der Waals surface area (Å²) in [6, 6.07) is 9.30. The lowest BCUT2D eigenvalue weighted by Crippen LogP contribution is -2.41. The van der Waals surface area contributed by atoms with Gasteiger partial charge >= 0.3 is 5.97 Å². The molecule has 0 bridgehead atoms. The molecule has 1 aliphatic heterocycles. The van der Waals surface area contributed by atoms with Crippen LogP contribution in [0, 0.1) is 0 Å². The van der Waals surface area contributed by atoms with E-state index in [-0.39, 0.29) is 11.7 Å². The molecule has 0 N–H and O–H groups in total. The third-order valence-electron chi connectivity index (χ3n) is 3.36. The Morgan fingerprint density at radius 1 is 1.28 bits per heavy atom.